The number of piperidine rings is 1. The van der Waals surface area contributed by atoms with Crippen molar-refractivity contribution in [3.8, 4) is 11.5 Å². The maximum absolute atomic E-state index is 13.3. The summed E-state index contributed by atoms with van der Waals surface area (Å²) in [6.45, 7) is 8.95. The first-order chi connectivity index (χ1) is 22.8. The molecule has 2 aliphatic rings. The molecule has 2 fully saturated rings. The first-order valence-electron chi connectivity index (χ1n) is 17.2. The summed E-state index contributed by atoms with van der Waals surface area (Å²) >= 11 is 0. The molecule has 0 radical (unpaired) electrons. The van der Waals surface area contributed by atoms with Crippen LogP contribution in [0.5, 0.6) is 11.5 Å². The maximum Gasteiger partial charge on any atom is 0.267 e. The summed E-state index contributed by atoms with van der Waals surface area (Å²) < 4.78 is 23.3. The molecule has 4 N–H and O–H groups in total. The zero-order valence-corrected chi connectivity index (χ0v) is 27.6. The lowest BCUT2D eigenvalue weighted by Gasteiger charge is -2.39. The second-order valence-electron chi connectivity index (χ2n) is 13.4. The fraction of sp³-hybridized carbons (Fsp3) is 0.541. The number of carbonyl (C=O) groups excluding carboxylic acids is 1. The fourth-order valence-electron chi connectivity index (χ4n) is 6.89. The van der Waals surface area contributed by atoms with Gasteiger partial charge in [0.25, 0.3) is 5.91 Å². The normalized spacial score (nSPS) is 23.7. The van der Waals surface area contributed by atoms with Gasteiger partial charge in [0.1, 0.15) is 29.4 Å². The van der Waals surface area contributed by atoms with Crippen LogP contribution in [0.15, 0.2) is 53.1 Å². The third-order valence-corrected chi connectivity index (χ3v) is 9.87. The minimum atomic E-state index is -0.700. The Kier molecular flexibility index (Phi) is 10.7. The summed E-state index contributed by atoms with van der Waals surface area (Å²) in [4.78, 5) is 18.9. The predicted molar refractivity (Wildman–Crippen MR) is 181 cm³/mol. The lowest BCUT2D eigenvalue weighted by molar-refractivity contribution is -0.0272. The average Bonchev–Trinajstić information content (AvgIpc) is 3.70. The van der Waals surface area contributed by atoms with E-state index in [-0.39, 0.29) is 24.0 Å². The zero-order valence-electron chi connectivity index (χ0n) is 27.6. The van der Waals surface area contributed by atoms with Gasteiger partial charge < -0.3 is 44.0 Å². The van der Waals surface area contributed by atoms with Crippen molar-refractivity contribution in [3.63, 3.8) is 0 Å². The van der Waals surface area contributed by atoms with Crippen LogP contribution in [-0.2, 0) is 11.3 Å². The maximum atomic E-state index is 13.3. The topological polar surface area (TPSA) is 129 Å². The van der Waals surface area contributed by atoms with E-state index in [1.807, 2.05) is 49.4 Å². The van der Waals surface area contributed by atoms with E-state index in [4.69, 9.17) is 18.6 Å². The molecule has 254 valence electrons. The summed E-state index contributed by atoms with van der Waals surface area (Å²) in [5, 5.41) is 26.2. The molecule has 1 amide bonds. The van der Waals surface area contributed by atoms with Gasteiger partial charge in [0.05, 0.1) is 24.6 Å². The number of likely N-dealkylation sites (tertiary alicyclic amines) is 1. The second kappa shape index (κ2) is 15.1. The Morgan fingerprint density at radius 2 is 1.96 bits per heavy atom. The van der Waals surface area contributed by atoms with E-state index in [1.165, 1.54) is 0 Å². The quantitative estimate of drug-likeness (QED) is 0.127. The number of hydrogen-bond acceptors (Lipinski definition) is 8. The number of ether oxygens (including phenoxy) is 3. The van der Waals surface area contributed by atoms with Gasteiger partial charge in [0.2, 0.25) is 0 Å². The predicted octanol–water partition coefficient (Wildman–Crippen LogP) is 5.79. The van der Waals surface area contributed by atoms with Gasteiger partial charge in [-0.25, -0.2) is 0 Å². The van der Waals surface area contributed by atoms with Gasteiger partial charge in [0.15, 0.2) is 0 Å². The number of aliphatic hydroxyl groups excluding tert-OH is 1. The molecule has 2 atom stereocenters. The molecule has 1 aliphatic carbocycles. The number of aliphatic hydroxyl groups is 2. The molecule has 1 aliphatic heterocycles. The van der Waals surface area contributed by atoms with Gasteiger partial charge in [0, 0.05) is 73.2 Å². The molecule has 3 heterocycles. The molecular weight excluding hydrogens is 598 g/mol. The van der Waals surface area contributed by atoms with Crippen LogP contribution in [0, 0.1) is 5.92 Å². The van der Waals surface area contributed by atoms with Gasteiger partial charge in [-0.2, -0.15) is 0 Å². The Bertz CT molecular complexity index is 1620. The van der Waals surface area contributed by atoms with Crippen LogP contribution in [0.3, 0.4) is 0 Å². The molecule has 6 rings (SSSR count). The molecule has 0 bridgehead atoms. The minimum absolute atomic E-state index is 0.0189. The van der Waals surface area contributed by atoms with E-state index >= 15 is 0 Å². The SMILES string of the molecule is CCOCCCOc1ccc2c(COc3cccc4[nH]c(C(=O)N[C@H]5CC[C@](O)(CCN6CC[C@H](O)[C@@H](C)C6)CC5)cc34)coc2c1. The highest BCUT2D eigenvalue weighted by molar-refractivity contribution is 5.99. The molecule has 0 spiro atoms. The molecule has 2 aromatic carbocycles. The molecule has 2 aromatic heterocycles. The number of aromatic amines is 1. The van der Waals surface area contributed by atoms with Crippen molar-refractivity contribution in [2.24, 2.45) is 5.92 Å². The summed E-state index contributed by atoms with van der Waals surface area (Å²) in [6, 6.07) is 13.4. The van der Waals surface area contributed by atoms with E-state index in [2.05, 4.69) is 22.1 Å². The second-order valence-corrected chi connectivity index (χ2v) is 13.4. The first kappa shape index (κ1) is 33.3. The third kappa shape index (κ3) is 8.30. The number of fused-ring (bicyclic) bond motifs is 2. The van der Waals surface area contributed by atoms with Crippen LogP contribution in [0.2, 0.25) is 0 Å². The zero-order chi connectivity index (χ0) is 32.8. The number of benzene rings is 2. The van der Waals surface area contributed by atoms with Crippen LogP contribution in [0.25, 0.3) is 21.9 Å². The monoisotopic (exact) mass is 647 g/mol. The van der Waals surface area contributed by atoms with Crippen molar-refractivity contribution in [1.82, 2.24) is 15.2 Å². The molecule has 4 aromatic rings. The highest BCUT2D eigenvalue weighted by Crippen LogP contribution is 2.33. The molecule has 47 heavy (non-hydrogen) atoms. The Labute approximate surface area is 276 Å². The number of H-pyrrole nitrogens is 1. The number of furan rings is 1. The third-order valence-electron chi connectivity index (χ3n) is 9.87. The number of nitrogens with zero attached hydrogens (tertiary/aromatic N) is 1. The average molecular weight is 648 g/mol. The Balaban J connectivity index is 1.00. The van der Waals surface area contributed by atoms with Crippen LogP contribution in [0.4, 0.5) is 0 Å². The fourth-order valence-corrected chi connectivity index (χ4v) is 6.89. The van der Waals surface area contributed by atoms with Gasteiger partial charge >= 0.3 is 0 Å². The van der Waals surface area contributed by atoms with Crippen molar-refractivity contribution >= 4 is 27.8 Å². The molecular formula is C37H49N3O7. The summed E-state index contributed by atoms with van der Waals surface area (Å²) in [7, 11) is 0. The standard InChI is InChI=1S/C37H49N3O7/c1-3-44-18-5-19-45-28-8-9-29-26(24-47-35(29)20-28)23-46-34-7-4-6-31-30(34)21-32(39-31)36(42)38-27-10-13-37(43,14-11-27)15-17-40-16-12-33(41)25(2)22-40/h4,6-9,20-21,24-25,27,33,39,41,43H,3,5,10-19,22-23H2,1-2H3,(H,38,42)/t25-,27-,33-,37+/m0/s1. The number of carbonyl (C=O) groups is 1. The van der Waals surface area contributed by atoms with E-state index in [1.54, 1.807) is 6.26 Å². The van der Waals surface area contributed by atoms with Crippen molar-refractivity contribution in [2.45, 2.75) is 83.1 Å². The Morgan fingerprint density at radius 1 is 1.11 bits per heavy atom. The van der Waals surface area contributed by atoms with Gasteiger partial charge in [-0.15, -0.1) is 0 Å². The number of hydrogen-bond donors (Lipinski definition) is 4. The van der Waals surface area contributed by atoms with Crippen molar-refractivity contribution in [2.75, 3.05) is 39.5 Å². The molecule has 1 saturated carbocycles. The van der Waals surface area contributed by atoms with Crippen LogP contribution in [-0.4, -0.2) is 83.2 Å². The Morgan fingerprint density at radius 3 is 2.77 bits per heavy atom. The number of rotatable bonds is 14. The van der Waals surface area contributed by atoms with Crippen molar-refractivity contribution in [1.29, 1.82) is 0 Å². The van der Waals surface area contributed by atoms with Crippen LogP contribution >= 0.6 is 0 Å². The van der Waals surface area contributed by atoms with Gasteiger partial charge in [-0.1, -0.05) is 13.0 Å². The summed E-state index contributed by atoms with van der Waals surface area (Å²) in [5.41, 5.74) is 2.28. The van der Waals surface area contributed by atoms with Crippen LogP contribution in [0.1, 0.15) is 74.8 Å². The highest BCUT2D eigenvalue weighted by atomic mass is 16.5. The van der Waals surface area contributed by atoms with E-state index in [0.29, 0.717) is 50.7 Å². The number of nitrogens with one attached hydrogen (secondary N) is 2. The smallest absolute Gasteiger partial charge is 0.267 e. The summed E-state index contributed by atoms with van der Waals surface area (Å²) in [6.07, 6.45) is 6.66. The van der Waals surface area contributed by atoms with Gasteiger partial charge in [-0.05, 0) is 81.7 Å². The lowest BCUT2D eigenvalue weighted by Crippen LogP contribution is -2.47. The summed E-state index contributed by atoms with van der Waals surface area (Å²) in [5.74, 6) is 1.55. The van der Waals surface area contributed by atoms with Crippen molar-refractivity contribution < 1.29 is 33.6 Å². The number of amides is 1. The molecule has 0 unspecified atom stereocenters. The lowest BCUT2D eigenvalue weighted by atomic mass is 9.80. The molecule has 1 saturated heterocycles. The largest absolute Gasteiger partial charge is 0.493 e. The van der Waals surface area contributed by atoms with E-state index in [9.17, 15) is 15.0 Å². The van der Waals surface area contributed by atoms with Crippen molar-refractivity contribution in [3.05, 3.63) is 60.0 Å². The van der Waals surface area contributed by atoms with E-state index < -0.39 is 5.60 Å². The molecule has 10 nitrogen and oxygen atoms in total. The number of aromatic nitrogens is 1. The minimum Gasteiger partial charge on any atom is -0.493 e. The van der Waals surface area contributed by atoms with Crippen LogP contribution < -0.4 is 14.8 Å². The Hall–Kier alpha value is -3.57. The molecule has 10 heteroatoms. The first-order valence-corrected chi connectivity index (χ1v) is 17.2. The highest BCUT2D eigenvalue weighted by Gasteiger charge is 2.35. The van der Waals surface area contributed by atoms with E-state index in [0.717, 1.165) is 84.9 Å². The van der Waals surface area contributed by atoms with Gasteiger partial charge in [-0.3, -0.25) is 4.79 Å².